The number of carboxylic acids is 1. The third kappa shape index (κ3) is 3.64. The fraction of sp³-hybridized carbons (Fsp3) is 0.625. The predicted molar refractivity (Wildman–Crippen MR) is 43.1 cm³/mol. The van der Waals surface area contributed by atoms with Gasteiger partial charge in [-0.1, -0.05) is 5.92 Å². The Hall–Kier alpha value is -1.01. The fourth-order valence-electron chi connectivity index (χ4n) is 0.523. The smallest absolute Gasteiger partial charge is 0.310 e. The summed E-state index contributed by atoms with van der Waals surface area (Å²) in [4.78, 5) is 10.5. The van der Waals surface area contributed by atoms with Crippen LogP contribution in [0.25, 0.3) is 0 Å². The standard InChI is InChI=1S/C8H13NO2/c1-4-5-9-6-8(2,3)7(10)11/h1,9H,5-6H2,2-3H3,(H,10,11). The first kappa shape index (κ1) is 9.99. The normalized spacial score (nSPS) is 10.6. The van der Waals surface area contributed by atoms with Gasteiger partial charge >= 0.3 is 5.97 Å². The van der Waals surface area contributed by atoms with E-state index < -0.39 is 11.4 Å². The van der Waals surface area contributed by atoms with Gasteiger partial charge in [0.1, 0.15) is 0 Å². The number of carbonyl (C=O) groups is 1. The van der Waals surface area contributed by atoms with Gasteiger partial charge in [0.2, 0.25) is 0 Å². The summed E-state index contributed by atoms with van der Waals surface area (Å²) >= 11 is 0. The average molecular weight is 155 g/mol. The van der Waals surface area contributed by atoms with Crippen LogP contribution in [0.2, 0.25) is 0 Å². The Morgan fingerprint density at radius 1 is 1.73 bits per heavy atom. The van der Waals surface area contributed by atoms with Crippen molar-refractivity contribution in [1.82, 2.24) is 5.32 Å². The molecule has 0 saturated heterocycles. The molecule has 0 saturated carbocycles. The first-order valence-corrected chi connectivity index (χ1v) is 3.38. The molecule has 0 bridgehead atoms. The highest BCUT2D eigenvalue weighted by Gasteiger charge is 2.25. The van der Waals surface area contributed by atoms with Crippen LogP contribution >= 0.6 is 0 Å². The van der Waals surface area contributed by atoms with Gasteiger partial charge in [0.15, 0.2) is 0 Å². The molecule has 0 aliphatic carbocycles. The Balaban J connectivity index is 3.75. The number of terminal acetylenes is 1. The summed E-state index contributed by atoms with van der Waals surface area (Å²) in [5.41, 5.74) is -0.739. The molecule has 3 nitrogen and oxygen atoms in total. The molecule has 0 amide bonds. The van der Waals surface area contributed by atoms with Crippen LogP contribution in [0.5, 0.6) is 0 Å². The zero-order chi connectivity index (χ0) is 8.91. The van der Waals surface area contributed by atoms with Crippen LogP contribution in [0.1, 0.15) is 13.8 Å². The summed E-state index contributed by atoms with van der Waals surface area (Å²) in [6.07, 6.45) is 4.97. The molecule has 2 N–H and O–H groups in total. The highest BCUT2D eigenvalue weighted by Crippen LogP contribution is 2.12. The maximum absolute atomic E-state index is 10.5. The van der Waals surface area contributed by atoms with E-state index in [0.717, 1.165) is 0 Å². The summed E-state index contributed by atoms with van der Waals surface area (Å²) in [5.74, 6) is 1.56. The molecule has 0 radical (unpaired) electrons. The highest BCUT2D eigenvalue weighted by molar-refractivity contribution is 5.73. The van der Waals surface area contributed by atoms with Crippen LogP contribution in [-0.2, 0) is 4.79 Å². The van der Waals surface area contributed by atoms with Gasteiger partial charge in [-0.25, -0.2) is 0 Å². The number of hydrogen-bond donors (Lipinski definition) is 2. The average Bonchev–Trinajstić information content (AvgIpc) is 1.88. The van der Waals surface area contributed by atoms with E-state index in [1.54, 1.807) is 13.8 Å². The number of hydrogen-bond acceptors (Lipinski definition) is 2. The SMILES string of the molecule is C#CCNCC(C)(C)C(=O)O. The summed E-state index contributed by atoms with van der Waals surface area (Å²) in [7, 11) is 0. The zero-order valence-electron chi connectivity index (χ0n) is 6.85. The largest absolute Gasteiger partial charge is 0.481 e. The lowest BCUT2D eigenvalue weighted by molar-refractivity contribution is -0.146. The van der Waals surface area contributed by atoms with E-state index in [1.165, 1.54) is 0 Å². The van der Waals surface area contributed by atoms with Gasteiger partial charge in [0.05, 0.1) is 12.0 Å². The first-order chi connectivity index (χ1) is 5.00. The van der Waals surface area contributed by atoms with Gasteiger partial charge in [-0.05, 0) is 13.8 Å². The Bertz CT molecular complexity index is 179. The van der Waals surface area contributed by atoms with Crippen molar-refractivity contribution in [3.8, 4) is 12.3 Å². The molecule has 3 heteroatoms. The maximum atomic E-state index is 10.5. The molecule has 0 aromatic heterocycles. The van der Waals surface area contributed by atoms with Crippen LogP contribution in [-0.4, -0.2) is 24.2 Å². The summed E-state index contributed by atoms with van der Waals surface area (Å²) < 4.78 is 0. The van der Waals surface area contributed by atoms with Crippen molar-refractivity contribution in [2.75, 3.05) is 13.1 Å². The van der Waals surface area contributed by atoms with Gasteiger partial charge < -0.3 is 10.4 Å². The van der Waals surface area contributed by atoms with Crippen LogP contribution in [0.4, 0.5) is 0 Å². The third-order valence-electron chi connectivity index (χ3n) is 1.37. The van der Waals surface area contributed by atoms with Crippen molar-refractivity contribution >= 4 is 5.97 Å². The van der Waals surface area contributed by atoms with E-state index in [0.29, 0.717) is 13.1 Å². The molecule has 0 spiro atoms. The molecule has 0 unspecified atom stereocenters. The molecule has 0 heterocycles. The lowest BCUT2D eigenvalue weighted by Crippen LogP contribution is -2.36. The summed E-state index contributed by atoms with van der Waals surface area (Å²) in [5, 5.41) is 11.5. The topological polar surface area (TPSA) is 49.3 Å². The summed E-state index contributed by atoms with van der Waals surface area (Å²) in [6.45, 7) is 4.11. The van der Waals surface area contributed by atoms with Crippen LogP contribution in [0, 0.1) is 17.8 Å². The van der Waals surface area contributed by atoms with Gasteiger partial charge in [0.25, 0.3) is 0 Å². The number of carboxylic acid groups (broad SMARTS) is 1. The number of nitrogens with one attached hydrogen (secondary N) is 1. The first-order valence-electron chi connectivity index (χ1n) is 3.38. The van der Waals surface area contributed by atoms with Crippen molar-refractivity contribution < 1.29 is 9.90 Å². The molecule has 0 aliphatic heterocycles. The van der Waals surface area contributed by atoms with Gasteiger partial charge in [0, 0.05) is 6.54 Å². The van der Waals surface area contributed by atoms with Crippen LogP contribution < -0.4 is 5.32 Å². The van der Waals surface area contributed by atoms with Crippen molar-refractivity contribution in [3.05, 3.63) is 0 Å². The highest BCUT2D eigenvalue weighted by atomic mass is 16.4. The van der Waals surface area contributed by atoms with E-state index in [2.05, 4.69) is 11.2 Å². The van der Waals surface area contributed by atoms with Crippen molar-refractivity contribution in [1.29, 1.82) is 0 Å². The minimum atomic E-state index is -0.818. The molecule has 0 rings (SSSR count). The monoisotopic (exact) mass is 155 g/mol. The quantitative estimate of drug-likeness (QED) is 0.454. The van der Waals surface area contributed by atoms with Gasteiger partial charge in [-0.2, -0.15) is 0 Å². The van der Waals surface area contributed by atoms with Gasteiger partial charge in [-0.3, -0.25) is 4.79 Å². The molecule has 0 aliphatic rings. The third-order valence-corrected chi connectivity index (χ3v) is 1.37. The second-order valence-electron chi connectivity index (χ2n) is 3.00. The van der Waals surface area contributed by atoms with E-state index in [-0.39, 0.29) is 0 Å². The number of rotatable bonds is 4. The second kappa shape index (κ2) is 3.99. The predicted octanol–water partition coefficient (Wildman–Crippen LogP) is 0.320. The Morgan fingerprint density at radius 2 is 2.27 bits per heavy atom. The Labute approximate surface area is 66.8 Å². The molecule has 0 aromatic carbocycles. The molecule has 0 aromatic rings. The van der Waals surface area contributed by atoms with E-state index in [4.69, 9.17) is 11.5 Å². The van der Waals surface area contributed by atoms with Crippen LogP contribution in [0.15, 0.2) is 0 Å². The number of aliphatic carboxylic acids is 1. The minimum Gasteiger partial charge on any atom is -0.481 e. The molecule has 0 atom stereocenters. The van der Waals surface area contributed by atoms with E-state index in [9.17, 15) is 4.79 Å². The van der Waals surface area contributed by atoms with Crippen molar-refractivity contribution in [2.24, 2.45) is 5.41 Å². The Morgan fingerprint density at radius 3 is 2.64 bits per heavy atom. The molecule has 0 fully saturated rings. The van der Waals surface area contributed by atoms with Crippen molar-refractivity contribution in [2.45, 2.75) is 13.8 Å². The second-order valence-corrected chi connectivity index (χ2v) is 3.00. The van der Waals surface area contributed by atoms with Crippen molar-refractivity contribution in [3.63, 3.8) is 0 Å². The summed E-state index contributed by atoms with van der Waals surface area (Å²) in [6, 6.07) is 0. The minimum absolute atomic E-state index is 0.395. The molecule has 62 valence electrons. The van der Waals surface area contributed by atoms with E-state index >= 15 is 0 Å². The Kier molecular flexibility index (Phi) is 3.63. The lowest BCUT2D eigenvalue weighted by Gasteiger charge is -2.18. The molecular weight excluding hydrogens is 142 g/mol. The van der Waals surface area contributed by atoms with E-state index in [1.807, 2.05) is 0 Å². The maximum Gasteiger partial charge on any atom is 0.310 e. The molecule has 11 heavy (non-hydrogen) atoms. The zero-order valence-corrected chi connectivity index (χ0v) is 6.85. The fourth-order valence-corrected chi connectivity index (χ4v) is 0.523. The molecular formula is C8H13NO2. The van der Waals surface area contributed by atoms with Gasteiger partial charge in [-0.15, -0.1) is 6.42 Å². The van der Waals surface area contributed by atoms with Crippen LogP contribution in [0.3, 0.4) is 0 Å². The lowest BCUT2D eigenvalue weighted by atomic mass is 9.94.